The first-order valence-corrected chi connectivity index (χ1v) is 5.99. The van der Waals surface area contributed by atoms with Gasteiger partial charge in [0.25, 0.3) is 5.88 Å². The van der Waals surface area contributed by atoms with Crippen LogP contribution in [-0.2, 0) is 0 Å². The molecule has 0 aliphatic carbocycles. The van der Waals surface area contributed by atoms with Gasteiger partial charge >= 0.3 is 0 Å². The van der Waals surface area contributed by atoms with Crippen LogP contribution in [0.25, 0.3) is 10.8 Å². The highest BCUT2D eigenvalue weighted by Crippen LogP contribution is 2.17. The number of nitrogens with zero attached hydrogens (tertiary/aromatic N) is 3. The van der Waals surface area contributed by atoms with E-state index in [1.54, 1.807) is 6.21 Å². The zero-order chi connectivity index (χ0) is 13.8. The third-order valence-electron chi connectivity index (χ3n) is 2.87. The fourth-order valence-corrected chi connectivity index (χ4v) is 1.93. The molecule has 0 bridgehead atoms. The first-order valence-electron chi connectivity index (χ1n) is 5.99. The van der Waals surface area contributed by atoms with E-state index in [1.165, 1.54) is 6.39 Å². The van der Waals surface area contributed by atoms with Gasteiger partial charge in [-0.2, -0.15) is 10.4 Å². The Morgan fingerprint density at radius 1 is 1.20 bits per heavy atom. The molecule has 5 heteroatoms. The summed E-state index contributed by atoms with van der Waals surface area (Å²) in [4.78, 5) is 3.75. The molecule has 2 aromatic carbocycles. The Morgan fingerprint density at radius 2 is 2.05 bits per heavy atom. The summed E-state index contributed by atoms with van der Waals surface area (Å²) in [6, 6.07) is 16.0. The molecule has 0 saturated carbocycles. The Labute approximate surface area is 115 Å². The minimum Gasteiger partial charge on any atom is -0.425 e. The summed E-state index contributed by atoms with van der Waals surface area (Å²) in [6.45, 7) is 0. The van der Waals surface area contributed by atoms with E-state index in [1.807, 2.05) is 48.5 Å². The number of nitrogens with one attached hydrogen (secondary N) is 1. The van der Waals surface area contributed by atoms with E-state index in [0.717, 1.165) is 16.3 Å². The van der Waals surface area contributed by atoms with Crippen LogP contribution >= 0.6 is 0 Å². The van der Waals surface area contributed by atoms with Crippen LogP contribution in [0.2, 0.25) is 0 Å². The predicted molar refractivity (Wildman–Crippen MR) is 76.4 cm³/mol. The third-order valence-corrected chi connectivity index (χ3v) is 2.87. The molecule has 0 spiro atoms. The first kappa shape index (κ1) is 11.9. The number of aromatic nitrogens is 1. The van der Waals surface area contributed by atoms with E-state index >= 15 is 0 Å². The fraction of sp³-hybridized carbons (Fsp3) is 0. The molecule has 96 valence electrons. The molecule has 0 saturated heterocycles. The molecular formula is C15H10N4O. The summed E-state index contributed by atoms with van der Waals surface area (Å²) >= 11 is 0. The largest absolute Gasteiger partial charge is 0.425 e. The minimum atomic E-state index is 0.181. The lowest BCUT2D eigenvalue weighted by atomic mass is 10.1. The molecule has 5 nitrogen and oxygen atoms in total. The van der Waals surface area contributed by atoms with Crippen molar-refractivity contribution >= 4 is 22.9 Å². The van der Waals surface area contributed by atoms with Crippen molar-refractivity contribution < 1.29 is 4.42 Å². The zero-order valence-electron chi connectivity index (χ0n) is 10.4. The highest BCUT2D eigenvalue weighted by Gasteiger charge is 2.05. The van der Waals surface area contributed by atoms with Gasteiger partial charge in [0.05, 0.1) is 6.21 Å². The van der Waals surface area contributed by atoms with E-state index < -0.39 is 0 Å². The van der Waals surface area contributed by atoms with Crippen LogP contribution in [0.1, 0.15) is 11.3 Å². The quantitative estimate of drug-likeness (QED) is 0.581. The van der Waals surface area contributed by atoms with Gasteiger partial charge in [0.1, 0.15) is 6.07 Å². The number of hydrazone groups is 1. The molecule has 0 aliphatic heterocycles. The smallest absolute Gasteiger partial charge is 0.251 e. The summed E-state index contributed by atoms with van der Waals surface area (Å²) in [5, 5.41) is 15.1. The minimum absolute atomic E-state index is 0.181. The van der Waals surface area contributed by atoms with Crippen molar-refractivity contribution in [3.05, 3.63) is 60.1 Å². The van der Waals surface area contributed by atoms with Crippen molar-refractivity contribution in [2.75, 3.05) is 5.43 Å². The zero-order valence-corrected chi connectivity index (χ0v) is 10.4. The summed E-state index contributed by atoms with van der Waals surface area (Å²) < 4.78 is 5.02. The molecule has 0 fully saturated rings. The van der Waals surface area contributed by atoms with Gasteiger partial charge in [-0.3, -0.25) is 0 Å². The number of anilines is 1. The SMILES string of the molecule is N#Cc1ncoc1N/N=C/c1cccc2ccccc12. The lowest BCUT2D eigenvalue weighted by molar-refractivity contribution is 0.570. The van der Waals surface area contributed by atoms with Crippen LogP contribution in [0, 0.1) is 11.3 Å². The van der Waals surface area contributed by atoms with Gasteiger partial charge in [0.2, 0.25) is 5.69 Å². The van der Waals surface area contributed by atoms with Crippen LogP contribution in [0.15, 0.2) is 58.4 Å². The molecule has 3 rings (SSSR count). The fourth-order valence-electron chi connectivity index (χ4n) is 1.93. The number of fused-ring (bicyclic) bond motifs is 1. The van der Waals surface area contributed by atoms with Crippen molar-refractivity contribution in [1.82, 2.24) is 4.98 Å². The summed E-state index contributed by atoms with van der Waals surface area (Å²) in [7, 11) is 0. The number of rotatable bonds is 3. The number of nitriles is 1. The van der Waals surface area contributed by atoms with Crippen LogP contribution in [0.4, 0.5) is 5.88 Å². The number of oxazole rings is 1. The van der Waals surface area contributed by atoms with E-state index in [9.17, 15) is 0 Å². The number of hydrogen-bond acceptors (Lipinski definition) is 5. The van der Waals surface area contributed by atoms with Gasteiger partial charge < -0.3 is 4.42 Å². The van der Waals surface area contributed by atoms with Crippen molar-refractivity contribution in [2.24, 2.45) is 5.10 Å². The molecule has 1 N–H and O–H groups in total. The first-order chi connectivity index (χ1) is 9.88. The third kappa shape index (κ3) is 2.22. The van der Waals surface area contributed by atoms with E-state index in [0.29, 0.717) is 0 Å². The lowest BCUT2D eigenvalue weighted by Gasteiger charge is -2.01. The van der Waals surface area contributed by atoms with Gasteiger partial charge in [-0.05, 0) is 10.8 Å². The maximum atomic E-state index is 8.80. The van der Waals surface area contributed by atoms with Gasteiger partial charge in [0, 0.05) is 5.56 Å². The molecule has 0 radical (unpaired) electrons. The second kappa shape index (κ2) is 5.24. The number of hydrogen-bond donors (Lipinski definition) is 1. The molecule has 3 aromatic rings. The second-order valence-electron chi connectivity index (χ2n) is 4.08. The van der Waals surface area contributed by atoms with Gasteiger partial charge in [-0.25, -0.2) is 10.4 Å². The highest BCUT2D eigenvalue weighted by atomic mass is 16.4. The van der Waals surface area contributed by atoms with Gasteiger partial charge in [-0.15, -0.1) is 0 Å². The molecule has 1 heterocycles. The van der Waals surface area contributed by atoms with Crippen LogP contribution in [0.3, 0.4) is 0 Å². The van der Waals surface area contributed by atoms with E-state index in [-0.39, 0.29) is 11.6 Å². The van der Waals surface area contributed by atoms with Crippen LogP contribution in [-0.4, -0.2) is 11.2 Å². The Bertz CT molecular complexity index is 809. The Morgan fingerprint density at radius 3 is 2.95 bits per heavy atom. The van der Waals surface area contributed by atoms with Crippen molar-refractivity contribution in [3.63, 3.8) is 0 Å². The molecule has 1 aromatic heterocycles. The van der Waals surface area contributed by atoms with Crippen molar-refractivity contribution in [1.29, 1.82) is 5.26 Å². The Kier molecular flexibility index (Phi) is 3.13. The normalized spacial score (nSPS) is 10.8. The topological polar surface area (TPSA) is 74.2 Å². The van der Waals surface area contributed by atoms with Gasteiger partial charge in [0.15, 0.2) is 6.39 Å². The monoisotopic (exact) mass is 262 g/mol. The average molecular weight is 262 g/mol. The molecular weight excluding hydrogens is 252 g/mol. The maximum Gasteiger partial charge on any atom is 0.251 e. The summed E-state index contributed by atoms with van der Waals surface area (Å²) in [5.74, 6) is 0.240. The van der Waals surface area contributed by atoms with Crippen LogP contribution < -0.4 is 5.43 Å². The Balaban J connectivity index is 1.87. The lowest BCUT2D eigenvalue weighted by Crippen LogP contribution is -1.92. The summed E-state index contributed by atoms with van der Waals surface area (Å²) in [5.41, 5.74) is 3.84. The molecule has 0 aliphatic rings. The average Bonchev–Trinajstić information content (AvgIpc) is 2.95. The van der Waals surface area contributed by atoms with Crippen molar-refractivity contribution in [3.8, 4) is 6.07 Å². The molecule has 0 atom stereocenters. The number of benzene rings is 2. The Hall–Kier alpha value is -3.13. The molecule has 20 heavy (non-hydrogen) atoms. The highest BCUT2D eigenvalue weighted by molar-refractivity contribution is 5.99. The van der Waals surface area contributed by atoms with E-state index in [4.69, 9.17) is 9.68 Å². The predicted octanol–water partition coefficient (Wildman–Crippen LogP) is 3.15. The standard InChI is InChI=1S/C15H10N4O/c16-8-14-15(20-10-17-14)19-18-9-12-6-3-5-11-4-1-2-7-13(11)12/h1-7,9-10,19H/b18-9+. The van der Waals surface area contributed by atoms with Crippen molar-refractivity contribution in [2.45, 2.75) is 0 Å². The molecule has 0 amide bonds. The summed E-state index contributed by atoms with van der Waals surface area (Å²) in [6.07, 6.45) is 2.89. The van der Waals surface area contributed by atoms with E-state index in [2.05, 4.69) is 15.5 Å². The van der Waals surface area contributed by atoms with Gasteiger partial charge in [-0.1, -0.05) is 42.5 Å². The maximum absolute atomic E-state index is 8.80. The molecule has 0 unspecified atom stereocenters. The second-order valence-corrected chi connectivity index (χ2v) is 4.08. The van der Waals surface area contributed by atoms with Crippen LogP contribution in [0.5, 0.6) is 0 Å².